The molecule has 0 spiro atoms. The van der Waals surface area contributed by atoms with Crippen LogP contribution in [-0.2, 0) is 18.4 Å². The Bertz CT molecular complexity index is 753. The van der Waals surface area contributed by atoms with Gasteiger partial charge < -0.3 is 15.5 Å². The van der Waals surface area contributed by atoms with Gasteiger partial charge >= 0.3 is 6.03 Å². The van der Waals surface area contributed by atoms with Crippen LogP contribution in [0.4, 0.5) is 16.2 Å². The van der Waals surface area contributed by atoms with Crippen molar-refractivity contribution in [2.75, 3.05) is 16.8 Å². The molecule has 1 aromatic heterocycles. The molecule has 3 amide bonds. The van der Waals surface area contributed by atoms with Gasteiger partial charge in [-0.15, -0.1) is 0 Å². The van der Waals surface area contributed by atoms with Gasteiger partial charge in [-0.3, -0.25) is 9.48 Å². The molecule has 120 valence electrons. The maximum atomic E-state index is 12.0. The van der Waals surface area contributed by atoms with Crippen molar-refractivity contribution in [3.8, 4) is 0 Å². The summed E-state index contributed by atoms with van der Waals surface area (Å²) in [6.45, 7) is 3.10. The molecular weight excluding hydrogens is 294 g/mol. The highest BCUT2D eigenvalue weighted by molar-refractivity contribution is 6.00. The third-order valence-corrected chi connectivity index (χ3v) is 4.04. The lowest BCUT2D eigenvalue weighted by Crippen LogP contribution is -2.43. The lowest BCUT2D eigenvalue weighted by molar-refractivity contribution is -0.122. The van der Waals surface area contributed by atoms with E-state index in [0.717, 1.165) is 23.5 Å². The molecule has 7 heteroatoms. The topological polar surface area (TPSA) is 79.3 Å². The van der Waals surface area contributed by atoms with Crippen LogP contribution in [0.5, 0.6) is 0 Å². The van der Waals surface area contributed by atoms with Crippen LogP contribution in [0.1, 0.15) is 17.7 Å². The summed E-state index contributed by atoms with van der Waals surface area (Å²) in [5, 5.41) is 9.72. The second kappa shape index (κ2) is 6.12. The molecule has 2 N–H and O–H groups in total. The zero-order valence-corrected chi connectivity index (χ0v) is 13.2. The maximum absolute atomic E-state index is 12.0. The summed E-state index contributed by atoms with van der Waals surface area (Å²) in [4.78, 5) is 25.2. The summed E-state index contributed by atoms with van der Waals surface area (Å²) < 4.78 is 1.77. The molecule has 0 saturated carbocycles. The first-order chi connectivity index (χ1) is 11.0. The Morgan fingerprint density at radius 2 is 2.22 bits per heavy atom. The number of amides is 3. The molecule has 0 radical (unpaired) electrons. The van der Waals surface area contributed by atoms with Crippen molar-refractivity contribution in [1.29, 1.82) is 0 Å². The van der Waals surface area contributed by atoms with Crippen LogP contribution >= 0.6 is 0 Å². The number of rotatable bonds is 4. The quantitative estimate of drug-likeness (QED) is 0.845. The smallest absolute Gasteiger partial charge is 0.319 e. The Labute approximate surface area is 134 Å². The summed E-state index contributed by atoms with van der Waals surface area (Å²) >= 11 is 0. The fourth-order valence-electron chi connectivity index (χ4n) is 2.41. The third kappa shape index (κ3) is 3.18. The fraction of sp³-hybridized carbons (Fsp3) is 0.312. The van der Waals surface area contributed by atoms with Crippen LogP contribution in [0.3, 0.4) is 0 Å². The van der Waals surface area contributed by atoms with E-state index in [9.17, 15) is 9.59 Å². The van der Waals surface area contributed by atoms with Gasteiger partial charge in [0.1, 0.15) is 0 Å². The first-order valence-corrected chi connectivity index (χ1v) is 7.47. The van der Waals surface area contributed by atoms with E-state index in [2.05, 4.69) is 15.7 Å². The lowest BCUT2D eigenvalue weighted by Gasteiger charge is -2.30. The first kappa shape index (κ1) is 15.1. The number of nitrogens with one attached hydrogen (secondary N) is 2. The van der Waals surface area contributed by atoms with Crippen LogP contribution < -0.4 is 15.5 Å². The first-order valence-electron chi connectivity index (χ1n) is 7.47. The van der Waals surface area contributed by atoms with E-state index < -0.39 is 0 Å². The van der Waals surface area contributed by atoms with Crippen molar-refractivity contribution in [3.63, 3.8) is 0 Å². The Kier molecular flexibility index (Phi) is 4.01. The minimum absolute atomic E-state index is 0.110. The molecule has 7 nitrogen and oxygen atoms in total. The molecule has 0 unspecified atom stereocenters. The number of benzene rings is 1. The van der Waals surface area contributed by atoms with Gasteiger partial charge in [0.15, 0.2) is 0 Å². The van der Waals surface area contributed by atoms with Gasteiger partial charge in [0.2, 0.25) is 5.91 Å². The molecule has 3 rings (SSSR count). The van der Waals surface area contributed by atoms with Crippen molar-refractivity contribution in [2.24, 2.45) is 7.05 Å². The summed E-state index contributed by atoms with van der Waals surface area (Å²) in [5.74, 6) is 0.110. The van der Waals surface area contributed by atoms with E-state index in [0.29, 0.717) is 18.7 Å². The van der Waals surface area contributed by atoms with Crippen molar-refractivity contribution < 1.29 is 9.59 Å². The van der Waals surface area contributed by atoms with Crippen LogP contribution in [-0.4, -0.2) is 28.3 Å². The number of β-lactam (4-membered cyclic amide) rings is 1. The number of aromatic nitrogens is 2. The van der Waals surface area contributed by atoms with Gasteiger partial charge in [-0.25, -0.2) is 4.79 Å². The molecule has 23 heavy (non-hydrogen) atoms. The third-order valence-electron chi connectivity index (χ3n) is 4.04. The van der Waals surface area contributed by atoms with Gasteiger partial charge in [0.25, 0.3) is 0 Å². The Balaban J connectivity index is 1.58. The lowest BCUT2D eigenvalue weighted by atomic mass is 10.1. The van der Waals surface area contributed by atoms with Crippen LogP contribution in [0.25, 0.3) is 0 Å². The Morgan fingerprint density at radius 3 is 2.83 bits per heavy atom. The molecule has 1 aliphatic rings. The largest absolute Gasteiger partial charge is 0.334 e. The summed E-state index contributed by atoms with van der Waals surface area (Å²) in [6, 6.07) is 6.98. The van der Waals surface area contributed by atoms with E-state index in [1.54, 1.807) is 27.9 Å². The molecule has 2 aromatic rings. The summed E-state index contributed by atoms with van der Waals surface area (Å²) in [5.41, 5.74) is 3.45. The minimum atomic E-state index is -0.291. The second-order valence-electron chi connectivity index (χ2n) is 5.53. The number of carbonyl (C=O) groups is 2. The van der Waals surface area contributed by atoms with Crippen LogP contribution in [0.15, 0.2) is 30.5 Å². The SMILES string of the molecule is Cc1c(CNC(=O)Nc2cccc(N3CCC3=O)c2)cnn1C. The van der Waals surface area contributed by atoms with Gasteiger partial charge in [-0.1, -0.05) is 6.07 Å². The molecule has 0 aliphatic carbocycles. The Morgan fingerprint density at radius 1 is 1.39 bits per heavy atom. The van der Waals surface area contributed by atoms with Crippen LogP contribution in [0, 0.1) is 6.92 Å². The molecule has 1 fully saturated rings. The van der Waals surface area contributed by atoms with E-state index in [1.165, 1.54) is 0 Å². The number of anilines is 2. The predicted octanol–water partition coefficient (Wildman–Crippen LogP) is 1.79. The number of hydrogen-bond acceptors (Lipinski definition) is 3. The van der Waals surface area contributed by atoms with E-state index >= 15 is 0 Å². The van der Waals surface area contributed by atoms with E-state index in [-0.39, 0.29) is 11.9 Å². The van der Waals surface area contributed by atoms with Crippen molar-refractivity contribution >= 4 is 23.3 Å². The van der Waals surface area contributed by atoms with Gasteiger partial charge in [-0.05, 0) is 25.1 Å². The molecule has 0 bridgehead atoms. The average Bonchev–Trinajstić information content (AvgIpc) is 2.83. The molecule has 1 aliphatic heterocycles. The maximum Gasteiger partial charge on any atom is 0.319 e. The molecule has 2 heterocycles. The highest BCUT2D eigenvalue weighted by Gasteiger charge is 2.25. The molecule has 1 saturated heterocycles. The standard InChI is InChI=1S/C16H19N5O2/c1-11-12(10-18-20(11)2)9-17-16(23)19-13-4-3-5-14(8-13)21-7-6-15(21)22/h3-5,8,10H,6-7,9H2,1-2H3,(H2,17,19,23). The highest BCUT2D eigenvalue weighted by atomic mass is 16.2. The van der Waals surface area contributed by atoms with Gasteiger partial charge in [0.05, 0.1) is 6.20 Å². The second-order valence-corrected chi connectivity index (χ2v) is 5.53. The molecular formula is C16H19N5O2. The predicted molar refractivity (Wildman–Crippen MR) is 87.2 cm³/mol. The van der Waals surface area contributed by atoms with Crippen molar-refractivity contribution in [1.82, 2.24) is 15.1 Å². The minimum Gasteiger partial charge on any atom is -0.334 e. The van der Waals surface area contributed by atoms with Gasteiger partial charge in [-0.2, -0.15) is 5.10 Å². The Hall–Kier alpha value is -2.83. The number of nitrogens with zero attached hydrogens (tertiary/aromatic N) is 3. The van der Waals surface area contributed by atoms with E-state index in [1.807, 2.05) is 26.1 Å². The molecule has 1 aromatic carbocycles. The monoisotopic (exact) mass is 313 g/mol. The number of hydrogen-bond donors (Lipinski definition) is 2. The summed E-state index contributed by atoms with van der Waals surface area (Å²) in [6.07, 6.45) is 2.33. The zero-order chi connectivity index (χ0) is 16.4. The van der Waals surface area contributed by atoms with E-state index in [4.69, 9.17) is 0 Å². The van der Waals surface area contributed by atoms with Gasteiger partial charge in [0, 0.05) is 49.2 Å². The highest BCUT2D eigenvalue weighted by Crippen LogP contribution is 2.24. The van der Waals surface area contributed by atoms with Crippen molar-refractivity contribution in [2.45, 2.75) is 19.9 Å². The normalized spacial score (nSPS) is 13.7. The number of urea groups is 1. The number of carbonyl (C=O) groups excluding carboxylic acids is 2. The average molecular weight is 313 g/mol. The zero-order valence-electron chi connectivity index (χ0n) is 13.2. The van der Waals surface area contributed by atoms with Crippen LogP contribution in [0.2, 0.25) is 0 Å². The molecule has 0 atom stereocenters. The fourth-order valence-corrected chi connectivity index (χ4v) is 2.41. The van der Waals surface area contributed by atoms with Crippen molar-refractivity contribution in [3.05, 3.63) is 41.7 Å². The summed E-state index contributed by atoms with van der Waals surface area (Å²) in [7, 11) is 1.86. The number of aryl methyl sites for hydroxylation is 1.